The van der Waals surface area contributed by atoms with Gasteiger partial charge < -0.3 is 19.5 Å². The summed E-state index contributed by atoms with van der Waals surface area (Å²) in [5.41, 5.74) is 1.06. The molecule has 0 heterocycles. The van der Waals surface area contributed by atoms with Crippen LogP contribution in [0, 0.1) is 0 Å². The number of thioether (sulfide) groups is 1. The summed E-state index contributed by atoms with van der Waals surface area (Å²) < 4.78 is 39.1. The molecule has 7 heteroatoms. The lowest BCUT2D eigenvalue weighted by Crippen LogP contribution is -2.21. The van der Waals surface area contributed by atoms with Gasteiger partial charge >= 0.3 is 0 Å². The van der Waals surface area contributed by atoms with E-state index in [0.29, 0.717) is 24.6 Å². The zero-order valence-corrected chi connectivity index (χ0v) is 13.3. The first-order chi connectivity index (χ1) is 10.1. The van der Waals surface area contributed by atoms with Gasteiger partial charge in [-0.25, -0.2) is 8.78 Å². The van der Waals surface area contributed by atoms with Crippen LogP contribution in [0.1, 0.15) is 5.56 Å². The van der Waals surface area contributed by atoms with E-state index < -0.39 is 13.0 Å². The van der Waals surface area contributed by atoms with Crippen molar-refractivity contribution in [1.82, 2.24) is 5.32 Å². The smallest absolute Gasteiger partial charge is 0.261 e. The van der Waals surface area contributed by atoms with Crippen molar-refractivity contribution in [2.75, 3.05) is 40.2 Å². The third kappa shape index (κ3) is 6.07. The average Bonchev–Trinajstić information content (AvgIpc) is 2.49. The van der Waals surface area contributed by atoms with Crippen LogP contribution in [0.4, 0.5) is 8.78 Å². The minimum absolute atomic E-state index is 0.256. The molecular formula is C14H21F2NO3S. The van der Waals surface area contributed by atoms with Gasteiger partial charge in [0, 0.05) is 18.0 Å². The molecule has 0 fully saturated rings. The highest BCUT2D eigenvalue weighted by Gasteiger charge is 2.10. The fraction of sp³-hybridized carbons (Fsp3) is 0.571. The summed E-state index contributed by atoms with van der Waals surface area (Å²) in [4.78, 5) is 1.08. The molecule has 0 aromatic heterocycles. The Bertz CT molecular complexity index is 433. The fourth-order valence-electron chi connectivity index (χ4n) is 1.77. The van der Waals surface area contributed by atoms with E-state index in [0.717, 1.165) is 10.5 Å². The molecule has 1 N–H and O–H groups in total. The minimum Gasteiger partial charge on any atom is -0.493 e. The molecule has 0 aliphatic heterocycles. The maximum absolute atomic E-state index is 11.9. The summed E-state index contributed by atoms with van der Waals surface area (Å²) in [6.07, 6.45) is -0.435. The second-order valence-electron chi connectivity index (χ2n) is 4.16. The molecule has 4 nitrogen and oxygen atoms in total. The number of benzene rings is 1. The van der Waals surface area contributed by atoms with Crippen molar-refractivity contribution in [3.8, 4) is 11.5 Å². The van der Waals surface area contributed by atoms with Crippen molar-refractivity contribution in [2.24, 2.45) is 0 Å². The molecule has 0 aliphatic rings. The number of ether oxygens (including phenoxy) is 3. The molecule has 0 unspecified atom stereocenters. The molecule has 0 aliphatic carbocycles. The molecule has 0 saturated heterocycles. The maximum atomic E-state index is 11.9. The first-order valence-corrected chi connectivity index (χ1v) is 7.70. The van der Waals surface area contributed by atoms with Gasteiger partial charge in [-0.15, -0.1) is 11.8 Å². The molecule has 1 aromatic rings. The number of alkyl halides is 2. The van der Waals surface area contributed by atoms with Gasteiger partial charge in [0.05, 0.1) is 20.8 Å². The molecule has 21 heavy (non-hydrogen) atoms. The van der Waals surface area contributed by atoms with Gasteiger partial charge in [-0.1, -0.05) is 0 Å². The van der Waals surface area contributed by atoms with Gasteiger partial charge in [0.25, 0.3) is 6.43 Å². The van der Waals surface area contributed by atoms with Gasteiger partial charge in [-0.3, -0.25) is 0 Å². The lowest BCUT2D eigenvalue weighted by molar-refractivity contribution is 0.0187. The molecule has 1 rings (SSSR count). The van der Waals surface area contributed by atoms with Crippen LogP contribution in [0.3, 0.4) is 0 Å². The van der Waals surface area contributed by atoms with E-state index >= 15 is 0 Å². The zero-order chi connectivity index (χ0) is 15.7. The normalized spacial score (nSPS) is 11.0. The van der Waals surface area contributed by atoms with Crippen LogP contribution >= 0.6 is 11.8 Å². The van der Waals surface area contributed by atoms with E-state index in [1.807, 2.05) is 18.4 Å². The van der Waals surface area contributed by atoms with E-state index in [-0.39, 0.29) is 6.61 Å². The van der Waals surface area contributed by atoms with Crippen LogP contribution in [-0.2, 0) is 11.3 Å². The molecule has 120 valence electrons. The molecular weight excluding hydrogens is 300 g/mol. The monoisotopic (exact) mass is 321 g/mol. The third-order valence-corrected chi connectivity index (χ3v) is 3.59. The van der Waals surface area contributed by atoms with Gasteiger partial charge in [-0.05, 0) is 24.0 Å². The standard InChI is InChI=1S/C14H21F2NO3S/c1-18-11-6-10(13(21-3)7-12(11)19-2)8-17-4-5-20-9-14(15)16/h6-7,14,17H,4-5,8-9H2,1-3H3. The Morgan fingerprint density at radius 2 is 1.86 bits per heavy atom. The van der Waals surface area contributed by atoms with E-state index in [1.165, 1.54) is 0 Å². The first kappa shape index (κ1) is 18.0. The largest absolute Gasteiger partial charge is 0.493 e. The number of halogens is 2. The summed E-state index contributed by atoms with van der Waals surface area (Å²) >= 11 is 1.61. The number of hydrogen-bond acceptors (Lipinski definition) is 5. The van der Waals surface area contributed by atoms with Gasteiger partial charge in [0.15, 0.2) is 11.5 Å². The van der Waals surface area contributed by atoms with Crippen LogP contribution in [0.25, 0.3) is 0 Å². The van der Waals surface area contributed by atoms with Crippen LogP contribution in [-0.4, -0.2) is 46.7 Å². The molecule has 0 spiro atoms. The summed E-state index contributed by atoms with van der Waals surface area (Å²) in [5, 5.41) is 3.16. The van der Waals surface area contributed by atoms with Crippen molar-refractivity contribution in [1.29, 1.82) is 0 Å². The van der Waals surface area contributed by atoms with Crippen molar-refractivity contribution in [2.45, 2.75) is 17.9 Å². The van der Waals surface area contributed by atoms with Gasteiger partial charge in [0.2, 0.25) is 0 Å². The van der Waals surface area contributed by atoms with E-state index in [1.54, 1.807) is 26.0 Å². The van der Waals surface area contributed by atoms with Crippen molar-refractivity contribution in [3.63, 3.8) is 0 Å². The Morgan fingerprint density at radius 3 is 2.43 bits per heavy atom. The summed E-state index contributed by atoms with van der Waals surface area (Å²) in [7, 11) is 3.19. The second kappa shape index (κ2) is 9.81. The predicted octanol–water partition coefficient (Wildman–Crippen LogP) is 2.80. The third-order valence-electron chi connectivity index (χ3n) is 2.77. The first-order valence-electron chi connectivity index (χ1n) is 6.47. The van der Waals surface area contributed by atoms with Gasteiger partial charge in [0.1, 0.15) is 6.61 Å². The number of hydrogen-bond donors (Lipinski definition) is 1. The SMILES string of the molecule is COc1cc(CNCCOCC(F)F)c(SC)cc1OC. The van der Waals surface area contributed by atoms with Gasteiger partial charge in [-0.2, -0.15) is 0 Å². The molecule has 0 amide bonds. The topological polar surface area (TPSA) is 39.7 Å². The molecule has 0 atom stereocenters. The van der Waals surface area contributed by atoms with Crippen LogP contribution in [0.2, 0.25) is 0 Å². The Kier molecular flexibility index (Phi) is 8.41. The molecule has 0 bridgehead atoms. The highest BCUT2D eigenvalue weighted by molar-refractivity contribution is 7.98. The highest BCUT2D eigenvalue weighted by Crippen LogP contribution is 2.34. The molecule has 1 aromatic carbocycles. The van der Waals surface area contributed by atoms with Crippen LogP contribution in [0.5, 0.6) is 11.5 Å². The average molecular weight is 321 g/mol. The van der Waals surface area contributed by atoms with Crippen molar-refractivity contribution in [3.05, 3.63) is 17.7 Å². The Hall–Kier alpha value is -1.05. The maximum Gasteiger partial charge on any atom is 0.261 e. The second-order valence-corrected chi connectivity index (χ2v) is 5.01. The zero-order valence-electron chi connectivity index (χ0n) is 12.4. The number of methoxy groups -OCH3 is 2. The Labute approximate surface area is 128 Å². The quantitative estimate of drug-likeness (QED) is 0.530. The molecule has 0 saturated carbocycles. The summed E-state index contributed by atoms with van der Waals surface area (Å²) in [5.74, 6) is 1.35. The van der Waals surface area contributed by atoms with E-state index in [2.05, 4.69) is 5.32 Å². The van der Waals surface area contributed by atoms with E-state index in [4.69, 9.17) is 14.2 Å². The van der Waals surface area contributed by atoms with Crippen molar-refractivity contribution >= 4 is 11.8 Å². The highest BCUT2D eigenvalue weighted by atomic mass is 32.2. The Balaban J connectivity index is 2.53. The van der Waals surface area contributed by atoms with Crippen LogP contribution < -0.4 is 14.8 Å². The number of rotatable bonds is 10. The van der Waals surface area contributed by atoms with E-state index in [9.17, 15) is 8.78 Å². The minimum atomic E-state index is -2.42. The fourth-order valence-corrected chi connectivity index (χ4v) is 2.39. The summed E-state index contributed by atoms with van der Waals surface area (Å²) in [6.45, 7) is 0.851. The summed E-state index contributed by atoms with van der Waals surface area (Å²) in [6, 6.07) is 3.84. The predicted molar refractivity (Wildman–Crippen MR) is 79.9 cm³/mol. The van der Waals surface area contributed by atoms with Crippen molar-refractivity contribution < 1.29 is 23.0 Å². The lowest BCUT2D eigenvalue weighted by Gasteiger charge is -2.14. The van der Waals surface area contributed by atoms with Crippen LogP contribution in [0.15, 0.2) is 17.0 Å². The number of nitrogens with one attached hydrogen (secondary N) is 1. The molecule has 0 radical (unpaired) electrons. The Morgan fingerprint density at radius 1 is 1.19 bits per heavy atom. The lowest BCUT2D eigenvalue weighted by atomic mass is 10.2.